The maximum absolute atomic E-state index is 5.83. The highest BCUT2D eigenvalue weighted by Gasteiger charge is 2.13. The second kappa shape index (κ2) is 5.26. The molecule has 14 heavy (non-hydrogen) atoms. The summed E-state index contributed by atoms with van der Waals surface area (Å²) in [6.07, 6.45) is 2.75. The van der Waals surface area contributed by atoms with Crippen LogP contribution < -0.4 is 5.32 Å². The number of halogens is 1. The minimum atomic E-state index is 0.456. The summed E-state index contributed by atoms with van der Waals surface area (Å²) in [4.78, 5) is 1.30. The van der Waals surface area contributed by atoms with Gasteiger partial charge in [-0.25, -0.2) is 0 Å². The van der Waals surface area contributed by atoms with Crippen molar-refractivity contribution in [3.05, 3.63) is 20.8 Å². The molecule has 0 aliphatic carbocycles. The van der Waals surface area contributed by atoms with Crippen LogP contribution >= 0.6 is 27.3 Å². The van der Waals surface area contributed by atoms with Crippen molar-refractivity contribution in [3.8, 4) is 0 Å². The van der Waals surface area contributed by atoms with Gasteiger partial charge in [0.2, 0.25) is 0 Å². The molecular formula is C10H14BrNOS. The average molecular weight is 276 g/mol. The molecule has 1 aromatic heterocycles. The van der Waals surface area contributed by atoms with Crippen molar-refractivity contribution in [2.75, 3.05) is 13.1 Å². The Morgan fingerprint density at radius 1 is 1.43 bits per heavy atom. The molecule has 0 unspecified atom stereocenters. The number of ether oxygens (including phenoxy) is 1. The van der Waals surface area contributed by atoms with E-state index in [1.54, 1.807) is 11.3 Å². The second-order valence-corrected chi connectivity index (χ2v) is 6.01. The van der Waals surface area contributed by atoms with Gasteiger partial charge < -0.3 is 10.1 Å². The Balaban J connectivity index is 1.76. The predicted molar refractivity (Wildman–Crippen MR) is 62.7 cm³/mol. The van der Waals surface area contributed by atoms with Gasteiger partial charge in [-0.05, 0) is 54.0 Å². The molecule has 2 nitrogen and oxygen atoms in total. The van der Waals surface area contributed by atoms with Crippen LogP contribution in [-0.2, 0) is 11.3 Å². The number of rotatable bonds is 3. The zero-order valence-corrected chi connectivity index (χ0v) is 10.4. The maximum Gasteiger partial charge on any atom is 0.0813 e. The molecular weight excluding hydrogens is 262 g/mol. The molecule has 1 N–H and O–H groups in total. The highest BCUT2D eigenvalue weighted by atomic mass is 79.9. The van der Waals surface area contributed by atoms with Crippen LogP contribution in [0.25, 0.3) is 0 Å². The number of thiophene rings is 1. The molecule has 1 aliphatic heterocycles. The van der Waals surface area contributed by atoms with Crippen LogP contribution in [0.3, 0.4) is 0 Å². The third-order valence-electron chi connectivity index (χ3n) is 2.38. The molecule has 1 aliphatic rings. The van der Waals surface area contributed by atoms with Crippen LogP contribution in [0.1, 0.15) is 17.7 Å². The van der Waals surface area contributed by atoms with E-state index in [0.717, 1.165) is 32.5 Å². The lowest BCUT2D eigenvalue weighted by molar-refractivity contribution is 0.0226. The molecule has 1 saturated heterocycles. The summed E-state index contributed by atoms with van der Waals surface area (Å²) in [6.45, 7) is 2.96. The van der Waals surface area contributed by atoms with Crippen LogP contribution in [0.4, 0.5) is 0 Å². The summed E-state index contributed by atoms with van der Waals surface area (Å²) >= 11 is 5.20. The Kier molecular flexibility index (Phi) is 3.99. The molecule has 0 bridgehead atoms. The van der Waals surface area contributed by atoms with Crippen LogP contribution in [0.5, 0.6) is 0 Å². The highest BCUT2D eigenvalue weighted by Crippen LogP contribution is 2.23. The monoisotopic (exact) mass is 275 g/mol. The molecule has 0 saturated carbocycles. The highest BCUT2D eigenvalue weighted by molar-refractivity contribution is 9.11. The van der Waals surface area contributed by atoms with Crippen molar-refractivity contribution in [1.82, 2.24) is 5.32 Å². The molecule has 0 atom stereocenters. The minimum absolute atomic E-state index is 0.456. The largest absolute Gasteiger partial charge is 0.373 e. The molecule has 0 amide bonds. The number of hydrogen-bond acceptors (Lipinski definition) is 3. The van der Waals surface area contributed by atoms with Gasteiger partial charge in [-0.15, -0.1) is 11.3 Å². The van der Waals surface area contributed by atoms with Crippen molar-refractivity contribution in [1.29, 1.82) is 0 Å². The van der Waals surface area contributed by atoms with E-state index in [2.05, 4.69) is 33.4 Å². The van der Waals surface area contributed by atoms with Gasteiger partial charge in [-0.2, -0.15) is 0 Å². The number of hydrogen-bond donors (Lipinski definition) is 1. The molecule has 1 aromatic rings. The van der Waals surface area contributed by atoms with E-state index in [4.69, 9.17) is 4.74 Å². The first-order chi connectivity index (χ1) is 6.84. The van der Waals surface area contributed by atoms with E-state index in [-0.39, 0.29) is 0 Å². The Hall–Kier alpha value is 0.1000. The SMILES string of the molecule is Brc1ccc(COC2CCNCC2)s1. The van der Waals surface area contributed by atoms with E-state index >= 15 is 0 Å². The van der Waals surface area contributed by atoms with Crippen molar-refractivity contribution < 1.29 is 4.74 Å². The van der Waals surface area contributed by atoms with E-state index < -0.39 is 0 Å². The summed E-state index contributed by atoms with van der Waals surface area (Å²) in [7, 11) is 0. The van der Waals surface area contributed by atoms with Gasteiger partial charge in [-0.1, -0.05) is 0 Å². The van der Waals surface area contributed by atoms with Crippen molar-refractivity contribution in [2.24, 2.45) is 0 Å². The fourth-order valence-corrected chi connectivity index (χ4v) is 3.00. The van der Waals surface area contributed by atoms with Crippen LogP contribution in [-0.4, -0.2) is 19.2 Å². The lowest BCUT2D eigenvalue weighted by atomic mass is 10.1. The molecule has 78 valence electrons. The van der Waals surface area contributed by atoms with Crippen molar-refractivity contribution in [3.63, 3.8) is 0 Å². The first-order valence-electron chi connectivity index (χ1n) is 4.91. The van der Waals surface area contributed by atoms with Crippen LogP contribution in [0.2, 0.25) is 0 Å². The van der Waals surface area contributed by atoms with Crippen molar-refractivity contribution >= 4 is 27.3 Å². The predicted octanol–water partition coefficient (Wildman–Crippen LogP) is 2.78. The molecule has 4 heteroatoms. The van der Waals surface area contributed by atoms with E-state index in [9.17, 15) is 0 Å². The van der Waals surface area contributed by atoms with Gasteiger partial charge in [0.1, 0.15) is 0 Å². The molecule has 2 heterocycles. The summed E-state index contributed by atoms with van der Waals surface area (Å²) in [6, 6.07) is 4.20. The van der Waals surface area contributed by atoms with Gasteiger partial charge in [0.25, 0.3) is 0 Å². The van der Waals surface area contributed by atoms with Crippen molar-refractivity contribution in [2.45, 2.75) is 25.6 Å². The van der Waals surface area contributed by atoms with E-state index in [1.807, 2.05) is 0 Å². The Bertz CT molecular complexity index is 283. The zero-order chi connectivity index (χ0) is 9.80. The van der Waals surface area contributed by atoms with Gasteiger partial charge in [0, 0.05) is 4.88 Å². The first-order valence-corrected chi connectivity index (χ1v) is 6.52. The van der Waals surface area contributed by atoms with Gasteiger partial charge >= 0.3 is 0 Å². The summed E-state index contributed by atoms with van der Waals surface area (Å²) in [5, 5.41) is 3.33. The van der Waals surface area contributed by atoms with Gasteiger partial charge in [0.05, 0.1) is 16.5 Å². The Labute approximate surface area is 96.8 Å². The average Bonchev–Trinajstić information content (AvgIpc) is 2.63. The van der Waals surface area contributed by atoms with Crippen LogP contribution in [0.15, 0.2) is 15.9 Å². The molecule has 0 spiro atoms. The standard InChI is InChI=1S/C10H14BrNOS/c11-10-2-1-9(14-10)7-13-8-3-5-12-6-4-8/h1-2,8,12H,3-7H2. The van der Waals surface area contributed by atoms with E-state index in [1.165, 1.54) is 8.66 Å². The van der Waals surface area contributed by atoms with Crippen LogP contribution in [0, 0.1) is 0 Å². The third-order valence-corrected chi connectivity index (χ3v) is 3.97. The number of piperidine rings is 1. The summed E-state index contributed by atoms with van der Waals surface area (Å²) in [5.41, 5.74) is 0. The van der Waals surface area contributed by atoms with Gasteiger partial charge in [-0.3, -0.25) is 0 Å². The molecule has 2 rings (SSSR count). The number of nitrogens with one attached hydrogen (secondary N) is 1. The smallest absolute Gasteiger partial charge is 0.0813 e. The normalized spacial score (nSPS) is 18.6. The lowest BCUT2D eigenvalue weighted by Gasteiger charge is -2.22. The molecule has 1 fully saturated rings. The Morgan fingerprint density at radius 3 is 2.86 bits per heavy atom. The molecule has 0 radical (unpaired) electrons. The van der Waals surface area contributed by atoms with Gasteiger partial charge in [0.15, 0.2) is 0 Å². The maximum atomic E-state index is 5.83. The lowest BCUT2D eigenvalue weighted by Crippen LogP contribution is -2.32. The topological polar surface area (TPSA) is 21.3 Å². The summed E-state index contributed by atoms with van der Waals surface area (Å²) in [5.74, 6) is 0. The minimum Gasteiger partial charge on any atom is -0.373 e. The fraction of sp³-hybridized carbons (Fsp3) is 0.600. The second-order valence-electron chi connectivity index (χ2n) is 3.47. The summed E-state index contributed by atoms with van der Waals surface area (Å²) < 4.78 is 7.01. The third kappa shape index (κ3) is 3.05. The first kappa shape index (κ1) is 10.6. The Morgan fingerprint density at radius 2 is 2.21 bits per heavy atom. The zero-order valence-electron chi connectivity index (χ0n) is 7.96. The van der Waals surface area contributed by atoms with E-state index in [0.29, 0.717) is 6.10 Å². The quantitative estimate of drug-likeness (QED) is 0.916. The molecule has 0 aromatic carbocycles. The fourth-order valence-electron chi connectivity index (χ4n) is 1.59.